The smallest absolute Gasteiger partial charge is 0.305 e. The second-order valence-electron chi connectivity index (χ2n) is 4.66. The highest BCUT2D eigenvalue weighted by atomic mass is 31.2. The first kappa shape index (κ1) is 17.4. The van der Waals surface area contributed by atoms with Crippen LogP contribution in [-0.2, 0) is 32.9 Å². The molecular formula is C16H27O3P. The van der Waals surface area contributed by atoms with Gasteiger partial charge in [-0.25, -0.2) is 0 Å². The van der Waals surface area contributed by atoms with Crippen molar-refractivity contribution in [1.29, 1.82) is 0 Å². The van der Waals surface area contributed by atoms with Gasteiger partial charge in [0.2, 0.25) is 0 Å². The Kier molecular flexibility index (Phi) is 6.94. The number of aryl methyl sites for hydroxylation is 3. The van der Waals surface area contributed by atoms with Gasteiger partial charge >= 0.3 is 7.60 Å². The fourth-order valence-corrected chi connectivity index (χ4v) is 4.59. The molecule has 0 heterocycles. The van der Waals surface area contributed by atoms with Crippen LogP contribution < -0.4 is 5.30 Å². The molecule has 0 aromatic heterocycles. The van der Waals surface area contributed by atoms with E-state index in [0.717, 1.165) is 35.7 Å². The number of benzene rings is 1. The molecule has 114 valence electrons. The van der Waals surface area contributed by atoms with Gasteiger partial charge in [-0.05, 0) is 49.8 Å². The molecule has 0 aliphatic heterocycles. The maximum absolute atomic E-state index is 13.1. The normalized spacial score (nSPS) is 11.8. The van der Waals surface area contributed by atoms with Crippen LogP contribution in [-0.4, -0.2) is 13.2 Å². The third kappa shape index (κ3) is 3.72. The first-order chi connectivity index (χ1) is 9.56. The highest BCUT2D eigenvalue weighted by Gasteiger charge is 2.31. The zero-order valence-corrected chi connectivity index (χ0v) is 14.3. The van der Waals surface area contributed by atoms with E-state index in [2.05, 4.69) is 32.9 Å². The molecule has 0 atom stereocenters. The second-order valence-corrected chi connectivity index (χ2v) is 6.61. The Balaban J connectivity index is 3.49. The van der Waals surface area contributed by atoms with Crippen LogP contribution in [0.2, 0.25) is 0 Å². The molecular weight excluding hydrogens is 271 g/mol. The van der Waals surface area contributed by atoms with E-state index in [1.165, 1.54) is 5.56 Å². The summed E-state index contributed by atoms with van der Waals surface area (Å²) in [6.07, 6.45) is 2.65. The SMILES string of the molecule is CCOP(=O)(OCC)c1c(CC)cc(CC)cc1CC. The molecule has 1 aromatic carbocycles. The van der Waals surface area contributed by atoms with Crippen LogP contribution >= 0.6 is 7.60 Å². The second kappa shape index (κ2) is 7.97. The monoisotopic (exact) mass is 298 g/mol. The summed E-state index contributed by atoms with van der Waals surface area (Å²) in [6, 6.07) is 4.28. The fourth-order valence-electron chi connectivity index (χ4n) is 2.43. The van der Waals surface area contributed by atoms with Gasteiger partial charge in [0, 0.05) is 0 Å². The minimum Gasteiger partial charge on any atom is -0.305 e. The van der Waals surface area contributed by atoms with Crippen molar-refractivity contribution in [3.05, 3.63) is 28.8 Å². The maximum Gasteiger partial charge on any atom is 0.361 e. The van der Waals surface area contributed by atoms with Gasteiger partial charge in [0.05, 0.1) is 18.5 Å². The fraction of sp³-hybridized carbons (Fsp3) is 0.625. The lowest BCUT2D eigenvalue weighted by molar-refractivity contribution is 0.229. The molecule has 0 N–H and O–H groups in total. The number of hydrogen-bond donors (Lipinski definition) is 0. The van der Waals surface area contributed by atoms with Gasteiger partial charge in [0.15, 0.2) is 0 Å². The lowest BCUT2D eigenvalue weighted by Crippen LogP contribution is -2.20. The maximum atomic E-state index is 13.1. The minimum absolute atomic E-state index is 0.388. The van der Waals surface area contributed by atoms with E-state index in [4.69, 9.17) is 9.05 Å². The summed E-state index contributed by atoms with van der Waals surface area (Å²) in [4.78, 5) is 0. The molecule has 4 heteroatoms. The van der Waals surface area contributed by atoms with Crippen molar-refractivity contribution >= 4 is 12.9 Å². The third-order valence-corrected chi connectivity index (χ3v) is 5.69. The van der Waals surface area contributed by atoms with Crippen LogP contribution in [0.25, 0.3) is 0 Å². The van der Waals surface area contributed by atoms with E-state index in [0.29, 0.717) is 13.2 Å². The lowest BCUT2D eigenvalue weighted by Gasteiger charge is -2.23. The first-order valence-corrected chi connectivity index (χ1v) is 9.14. The minimum atomic E-state index is -3.21. The zero-order chi connectivity index (χ0) is 15.2. The molecule has 0 radical (unpaired) electrons. The molecule has 1 rings (SSSR count). The molecule has 0 fully saturated rings. The lowest BCUT2D eigenvalue weighted by atomic mass is 10.0. The van der Waals surface area contributed by atoms with Crippen LogP contribution in [0.4, 0.5) is 0 Å². The molecule has 3 nitrogen and oxygen atoms in total. The quantitative estimate of drug-likeness (QED) is 0.672. The standard InChI is InChI=1S/C16H27O3P/c1-6-13-11-14(7-2)16(15(8-3)12-13)20(17,18-9-4)19-10-5/h11-12H,6-10H2,1-5H3. The largest absolute Gasteiger partial charge is 0.361 e. The van der Waals surface area contributed by atoms with Gasteiger partial charge in [-0.1, -0.05) is 32.9 Å². The Morgan fingerprint density at radius 1 is 0.850 bits per heavy atom. The molecule has 20 heavy (non-hydrogen) atoms. The van der Waals surface area contributed by atoms with Crippen molar-refractivity contribution in [3.8, 4) is 0 Å². The van der Waals surface area contributed by atoms with Crippen LogP contribution in [0.15, 0.2) is 12.1 Å². The van der Waals surface area contributed by atoms with Crippen molar-refractivity contribution in [2.75, 3.05) is 13.2 Å². The van der Waals surface area contributed by atoms with E-state index in [1.54, 1.807) is 0 Å². The van der Waals surface area contributed by atoms with E-state index in [-0.39, 0.29) is 0 Å². The Labute approximate surface area is 123 Å². The van der Waals surface area contributed by atoms with Crippen molar-refractivity contribution < 1.29 is 13.6 Å². The molecule has 0 saturated heterocycles. The Bertz CT molecular complexity index is 448. The summed E-state index contributed by atoms with van der Waals surface area (Å²) in [5.74, 6) is 0. The molecule has 0 saturated carbocycles. The molecule has 0 spiro atoms. The van der Waals surface area contributed by atoms with Crippen molar-refractivity contribution in [2.45, 2.75) is 53.9 Å². The van der Waals surface area contributed by atoms with Crippen molar-refractivity contribution in [2.24, 2.45) is 0 Å². The van der Waals surface area contributed by atoms with Gasteiger partial charge in [0.25, 0.3) is 0 Å². The van der Waals surface area contributed by atoms with E-state index >= 15 is 0 Å². The first-order valence-electron chi connectivity index (χ1n) is 7.60. The molecule has 0 aliphatic rings. The summed E-state index contributed by atoms with van der Waals surface area (Å²) in [6.45, 7) is 10.8. The Morgan fingerprint density at radius 3 is 1.60 bits per heavy atom. The van der Waals surface area contributed by atoms with Crippen molar-refractivity contribution in [3.63, 3.8) is 0 Å². The Morgan fingerprint density at radius 2 is 1.30 bits per heavy atom. The van der Waals surface area contributed by atoms with E-state index in [1.807, 2.05) is 13.8 Å². The number of rotatable bonds is 8. The molecule has 0 aliphatic carbocycles. The van der Waals surface area contributed by atoms with Gasteiger partial charge in [-0.3, -0.25) is 4.57 Å². The predicted molar refractivity (Wildman–Crippen MR) is 85.1 cm³/mol. The molecule has 1 aromatic rings. The van der Waals surface area contributed by atoms with Crippen LogP contribution in [0, 0.1) is 0 Å². The number of hydrogen-bond acceptors (Lipinski definition) is 3. The topological polar surface area (TPSA) is 35.5 Å². The van der Waals surface area contributed by atoms with Gasteiger partial charge < -0.3 is 9.05 Å². The average Bonchev–Trinajstić information content (AvgIpc) is 2.46. The third-order valence-electron chi connectivity index (χ3n) is 3.37. The van der Waals surface area contributed by atoms with Gasteiger partial charge in [0.1, 0.15) is 0 Å². The summed E-state index contributed by atoms with van der Waals surface area (Å²) in [5.41, 5.74) is 3.46. The summed E-state index contributed by atoms with van der Waals surface area (Å²) in [7, 11) is -3.21. The molecule has 0 bridgehead atoms. The summed E-state index contributed by atoms with van der Waals surface area (Å²) >= 11 is 0. The van der Waals surface area contributed by atoms with Gasteiger partial charge in [-0.2, -0.15) is 0 Å². The van der Waals surface area contributed by atoms with Crippen LogP contribution in [0.1, 0.15) is 51.3 Å². The highest BCUT2D eigenvalue weighted by Crippen LogP contribution is 2.49. The zero-order valence-electron chi connectivity index (χ0n) is 13.4. The van der Waals surface area contributed by atoms with E-state index < -0.39 is 7.60 Å². The molecule has 0 unspecified atom stereocenters. The highest BCUT2D eigenvalue weighted by molar-refractivity contribution is 7.62. The molecule has 0 amide bonds. The summed E-state index contributed by atoms with van der Waals surface area (Å²) < 4.78 is 24.2. The summed E-state index contributed by atoms with van der Waals surface area (Å²) in [5, 5.41) is 0.795. The Hall–Kier alpha value is -0.630. The van der Waals surface area contributed by atoms with Crippen LogP contribution in [0.3, 0.4) is 0 Å². The average molecular weight is 298 g/mol. The van der Waals surface area contributed by atoms with E-state index in [9.17, 15) is 4.57 Å². The van der Waals surface area contributed by atoms with Crippen LogP contribution in [0.5, 0.6) is 0 Å². The van der Waals surface area contributed by atoms with Crippen molar-refractivity contribution in [1.82, 2.24) is 0 Å². The van der Waals surface area contributed by atoms with Gasteiger partial charge in [-0.15, -0.1) is 0 Å². The predicted octanol–water partition coefficient (Wildman–Crippen LogP) is 4.27.